The highest BCUT2D eigenvalue weighted by atomic mass is 16.3. The van der Waals surface area contributed by atoms with E-state index < -0.39 is 6.10 Å². The minimum absolute atomic E-state index is 0.538. The van der Waals surface area contributed by atoms with E-state index in [1.165, 1.54) is 5.56 Å². The Bertz CT molecular complexity index is 385. The van der Waals surface area contributed by atoms with Crippen molar-refractivity contribution in [1.82, 2.24) is 15.4 Å². The van der Waals surface area contributed by atoms with E-state index in [9.17, 15) is 5.11 Å². The number of hydrogen-bond acceptors (Lipinski definition) is 3. The van der Waals surface area contributed by atoms with Crippen molar-refractivity contribution in [2.24, 2.45) is 0 Å². The zero-order chi connectivity index (χ0) is 10.5. The summed E-state index contributed by atoms with van der Waals surface area (Å²) in [6, 6.07) is 10.1. The average molecular weight is 203 g/mol. The van der Waals surface area contributed by atoms with Crippen LogP contribution in [0.5, 0.6) is 0 Å². The molecular weight excluding hydrogens is 190 g/mol. The van der Waals surface area contributed by atoms with Crippen LogP contribution in [0.3, 0.4) is 0 Å². The Labute approximate surface area is 88.0 Å². The molecule has 1 atom stereocenters. The summed E-state index contributed by atoms with van der Waals surface area (Å²) in [6.07, 6.45) is 2.52. The molecule has 0 fully saturated rings. The second kappa shape index (κ2) is 4.70. The van der Waals surface area contributed by atoms with Gasteiger partial charge in [0.15, 0.2) is 0 Å². The molecule has 78 valence electrons. The Morgan fingerprint density at radius 3 is 2.73 bits per heavy atom. The number of hydrogen-bond donors (Lipinski definition) is 2. The third-order valence-electron chi connectivity index (χ3n) is 2.32. The molecule has 0 amide bonds. The smallest absolute Gasteiger partial charge is 0.111 e. The van der Waals surface area contributed by atoms with E-state index in [1.807, 2.05) is 18.2 Å². The normalized spacial score (nSPS) is 12.6. The third-order valence-corrected chi connectivity index (χ3v) is 2.32. The van der Waals surface area contributed by atoms with Gasteiger partial charge in [0.25, 0.3) is 0 Å². The second-order valence-corrected chi connectivity index (χ2v) is 3.43. The first-order chi connectivity index (χ1) is 7.36. The van der Waals surface area contributed by atoms with Crippen molar-refractivity contribution < 1.29 is 5.11 Å². The first kappa shape index (κ1) is 9.86. The minimum Gasteiger partial charge on any atom is -0.387 e. The van der Waals surface area contributed by atoms with Crippen molar-refractivity contribution in [3.8, 4) is 0 Å². The first-order valence-corrected chi connectivity index (χ1v) is 4.94. The van der Waals surface area contributed by atoms with E-state index in [0.717, 1.165) is 6.42 Å². The van der Waals surface area contributed by atoms with Crippen LogP contribution in [0.2, 0.25) is 0 Å². The van der Waals surface area contributed by atoms with Crippen LogP contribution in [0.25, 0.3) is 0 Å². The number of nitrogens with zero attached hydrogens (tertiary/aromatic N) is 2. The fourth-order valence-electron chi connectivity index (χ4n) is 1.47. The zero-order valence-corrected chi connectivity index (χ0v) is 8.30. The Morgan fingerprint density at radius 2 is 2.07 bits per heavy atom. The summed E-state index contributed by atoms with van der Waals surface area (Å²) in [7, 11) is 0. The lowest BCUT2D eigenvalue weighted by Gasteiger charge is -2.06. The van der Waals surface area contributed by atoms with Gasteiger partial charge in [0.1, 0.15) is 5.69 Å². The summed E-state index contributed by atoms with van der Waals surface area (Å²) >= 11 is 0. The van der Waals surface area contributed by atoms with Crippen LogP contribution < -0.4 is 0 Å². The zero-order valence-electron chi connectivity index (χ0n) is 8.30. The maximum Gasteiger partial charge on any atom is 0.111 e. The molecule has 0 aliphatic rings. The van der Waals surface area contributed by atoms with Gasteiger partial charge in [0.2, 0.25) is 0 Å². The van der Waals surface area contributed by atoms with Crippen LogP contribution in [-0.2, 0) is 6.42 Å². The SMILES string of the molecule is OC(CCc1ccccc1)c1cn[nH]n1. The fraction of sp³-hybridized carbons (Fsp3) is 0.273. The summed E-state index contributed by atoms with van der Waals surface area (Å²) in [6.45, 7) is 0. The van der Waals surface area contributed by atoms with Crippen molar-refractivity contribution in [3.63, 3.8) is 0 Å². The molecule has 1 heterocycles. The highest BCUT2D eigenvalue weighted by molar-refractivity contribution is 5.15. The van der Waals surface area contributed by atoms with Gasteiger partial charge in [-0.15, -0.1) is 0 Å². The molecule has 0 spiro atoms. The molecule has 4 nitrogen and oxygen atoms in total. The van der Waals surface area contributed by atoms with Crippen molar-refractivity contribution in [3.05, 3.63) is 47.8 Å². The van der Waals surface area contributed by atoms with E-state index in [4.69, 9.17) is 0 Å². The van der Waals surface area contributed by atoms with Crippen molar-refractivity contribution in [2.45, 2.75) is 18.9 Å². The van der Waals surface area contributed by atoms with Crippen LogP contribution in [-0.4, -0.2) is 20.5 Å². The van der Waals surface area contributed by atoms with Gasteiger partial charge in [-0.3, -0.25) is 0 Å². The number of aryl methyl sites for hydroxylation is 1. The molecule has 2 rings (SSSR count). The van der Waals surface area contributed by atoms with E-state index >= 15 is 0 Å². The Morgan fingerprint density at radius 1 is 1.27 bits per heavy atom. The molecule has 1 aromatic heterocycles. The van der Waals surface area contributed by atoms with Crippen LogP contribution in [0.1, 0.15) is 23.8 Å². The number of aromatic nitrogens is 3. The van der Waals surface area contributed by atoms with E-state index in [-0.39, 0.29) is 0 Å². The number of H-pyrrole nitrogens is 1. The van der Waals surface area contributed by atoms with E-state index in [1.54, 1.807) is 6.20 Å². The van der Waals surface area contributed by atoms with Gasteiger partial charge in [-0.1, -0.05) is 30.3 Å². The highest BCUT2D eigenvalue weighted by Gasteiger charge is 2.09. The largest absolute Gasteiger partial charge is 0.387 e. The summed E-state index contributed by atoms with van der Waals surface area (Å²) in [5.41, 5.74) is 1.82. The maximum absolute atomic E-state index is 9.75. The molecule has 0 saturated carbocycles. The number of benzene rings is 1. The summed E-state index contributed by atoms with van der Waals surface area (Å²) < 4.78 is 0. The second-order valence-electron chi connectivity index (χ2n) is 3.43. The number of aliphatic hydroxyl groups excluding tert-OH is 1. The Balaban J connectivity index is 1.89. The molecule has 1 aromatic carbocycles. The van der Waals surface area contributed by atoms with Crippen molar-refractivity contribution in [2.75, 3.05) is 0 Å². The van der Waals surface area contributed by atoms with Gasteiger partial charge in [0.05, 0.1) is 12.3 Å². The van der Waals surface area contributed by atoms with Gasteiger partial charge < -0.3 is 5.11 Å². The Kier molecular flexibility index (Phi) is 3.09. The summed E-state index contributed by atoms with van der Waals surface area (Å²) in [5.74, 6) is 0. The maximum atomic E-state index is 9.75. The van der Waals surface area contributed by atoms with Gasteiger partial charge in [-0.25, -0.2) is 0 Å². The molecule has 2 aromatic rings. The lowest BCUT2D eigenvalue weighted by molar-refractivity contribution is 0.163. The molecule has 0 aliphatic carbocycles. The van der Waals surface area contributed by atoms with Crippen LogP contribution >= 0.6 is 0 Å². The van der Waals surface area contributed by atoms with Crippen LogP contribution in [0, 0.1) is 0 Å². The third kappa shape index (κ3) is 2.63. The molecule has 0 radical (unpaired) electrons. The molecule has 0 aliphatic heterocycles. The molecule has 0 bridgehead atoms. The fourth-order valence-corrected chi connectivity index (χ4v) is 1.47. The van der Waals surface area contributed by atoms with E-state index in [2.05, 4.69) is 27.5 Å². The quantitative estimate of drug-likeness (QED) is 0.791. The molecule has 1 unspecified atom stereocenters. The molecule has 15 heavy (non-hydrogen) atoms. The molecule has 2 N–H and O–H groups in total. The number of nitrogens with one attached hydrogen (secondary N) is 1. The number of aliphatic hydroxyl groups is 1. The predicted molar refractivity (Wildman–Crippen MR) is 56.1 cm³/mol. The lowest BCUT2D eigenvalue weighted by atomic mass is 10.1. The van der Waals surface area contributed by atoms with Crippen LogP contribution in [0.4, 0.5) is 0 Å². The molecule has 4 heteroatoms. The summed E-state index contributed by atoms with van der Waals surface area (Å²) in [4.78, 5) is 0. The number of aromatic amines is 1. The topological polar surface area (TPSA) is 61.8 Å². The van der Waals surface area contributed by atoms with Crippen molar-refractivity contribution in [1.29, 1.82) is 0 Å². The van der Waals surface area contributed by atoms with Gasteiger partial charge >= 0.3 is 0 Å². The van der Waals surface area contributed by atoms with Gasteiger partial charge in [-0.2, -0.15) is 15.4 Å². The van der Waals surface area contributed by atoms with Crippen molar-refractivity contribution >= 4 is 0 Å². The monoisotopic (exact) mass is 203 g/mol. The van der Waals surface area contributed by atoms with Gasteiger partial charge in [-0.05, 0) is 18.4 Å². The lowest BCUT2D eigenvalue weighted by Crippen LogP contribution is -2.00. The Hall–Kier alpha value is -1.68. The van der Waals surface area contributed by atoms with Crippen LogP contribution in [0.15, 0.2) is 36.5 Å². The minimum atomic E-state index is -0.538. The predicted octanol–water partition coefficient (Wildman–Crippen LogP) is 1.47. The first-order valence-electron chi connectivity index (χ1n) is 4.94. The molecule has 0 saturated heterocycles. The average Bonchev–Trinajstić information content (AvgIpc) is 2.81. The van der Waals surface area contributed by atoms with Gasteiger partial charge in [0, 0.05) is 0 Å². The van der Waals surface area contributed by atoms with E-state index in [0.29, 0.717) is 12.1 Å². The molecular formula is C11H13N3O. The summed E-state index contributed by atoms with van der Waals surface area (Å²) in [5, 5.41) is 19.7. The standard InChI is InChI=1S/C11H13N3O/c15-11(10-8-12-14-13-10)7-6-9-4-2-1-3-5-9/h1-5,8,11,15H,6-7H2,(H,12,13,14). The highest BCUT2D eigenvalue weighted by Crippen LogP contribution is 2.15. The number of rotatable bonds is 4.